The van der Waals surface area contributed by atoms with E-state index >= 15 is 0 Å². The molecule has 2 rings (SSSR count). The van der Waals surface area contributed by atoms with Gasteiger partial charge >= 0.3 is 0 Å². The molecule has 2 N–H and O–H groups in total. The molecule has 0 spiro atoms. The van der Waals surface area contributed by atoms with Crippen molar-refractivity contribution < 1.29 is 5.11 Å². The average molecular weight is 355 g/mol. The molecule has 3 nitrogen and oxygen atoms in total. The summed E-state index contributed by atoms with van der Waals surface area (Å²) in [5.41, 5.74) is 2.46. The number of nitrogens with one attached hydrogen (secondary N) is 1. The SMILES string of the molecule is CCCNCc1ccc(N(C)C2CCCCC2O)cc1Br. The van der Waals surface area contributed by atoms with Crippen LogP contribution in [-0.4, -0.2) is 30.8 Å². The topological polar surface area (TPSA) is 35.5 Å². The highest BCUT2D eigenvalue weighted by atomic mass is 79.9. The summed E-state index contributed by atoms with van der Waals surface area (Å²) in [6.45, 7) is 4.11. The first kappa shape index (κ1) is 16.8. The molecular weight excluding hydrogens is 328 g/mol. The second-order valence-corrected chi connectivity index (χ2v) is 6.84. The van der Waals surface area contributed by atoms with Gasteiger partial charge in [0.2, 0.25) is 0 Å². The number of hydrogen-bond donors (Lipinski definition) is 2. The quantitative estimate of drug-likeness (QED) is 0.764. The number of rotatable bonds is 6. The number of aliphatic hydroxyl groups is 1. The Morgan fingerprint density at radius 1 is 1.33 bits per heavy atom. The summed E-state index contributed by atoms with van der Waals surface area (Å²) < 4.78 is 1.14. The van der Waals surface area contributed by atoms with E-state index in [1.54, 1.807) is 0 Å². The number of anilines is 1. The molecule has 2 unspecified atom stereocenters. The summed E-state index contributed by atoms with van der Waals surface area (Å²) in [5, 5.41) is 13.6. The average Bonchev–Trinajstić information content (AvgIpc) is 2.49. The number of aliphatic hydroxyl groups excluding tert-OH is 1. The summed E-state index contributed by atoms with van der Waals surface area (Å²) in [5.74, 6) is 0. The second kappa shape index (κ2) is 8.16. The molecular formula is C17H27BrN2O. The van der Waals surface area contributed by atoms with Gasteiger partial charge in [-0.15, -0.1) is 0 Å². The number of halogens is 1. The first-order valence-corrected chi connectivity index (χ1v) is 8.82. The molecule has 1 saturated carbocycles. The Labute approximate surface area is 136 Å². The van der Waals surface area contributed by atoms with Gasteiger partial charge in [-0.2, -0.15) is 0 Å². The Bertz CT molecular complexity index is 452. The van der Waals surface area contributed by atoms with Crippen LogP contribution >= 0.6 is 15.9 Å². The van der Waals surface area contributed by atoms with Gasteiger partial charge < -0.3 is 15.3 Å². The molecule has 0 aliphatic heterocycles. The fraction of sp³-hybridized carbons (Fsp3) is 0.647. The highest BCUT2D eigenvalue weighted by Crippen LogP contribution is 2.29. The van der Waals surface area contributed by atoms with Gasteiger partial charge in [0.05, 0.1) is 12.1 Å². The standard InChI is InChI=1S/C17H27BrN2O/c1-3-10-19-12-13-8-9-14(11-15(13)18)20(2)16-6-4-5-7-17(16)21/h8-9,11,16-17,19,21H,3-7,10,12H2,1-2H3. The van der Waals surface area contributed by atoms with Crippen LogP contribution < -0.4 is 10.2 Å². The van der Waals surface area contributed by atoms with Gasteiger partial charge in [0.1, 0.15) is 0 Å². The molecule has 1 aromatic carbocycles. The molecule has 0 radical (unpaired) electrons. The van der Waals surface area contributed by atoms with E-state index < -0.39 is 0 Å². The van der Waals surface area contributed by atoms with E-state index in [1.807, 2.05) is 0 Å². The molecule has 2 atom stereocenters. The Balaban J connectivity index is 2.04. The van der Waals surface area contributed by atoms with Crippen molar-refractivity contribution in [2.75, 3.05) is 18.5 Å². The molecule has 1 fully saturated rings. The fourth-order valence-corrected chi connectivity index (χ4v) is 3.54. The number of likely N-dealkylation sites (N-methyl/N-ethyl adjacent to an activating group) is 1. The van der Waals surface area contributed by atoms with Crippen molar-refractivity contribution in [2.45, 2.75) is 57.7 Å². The summed E-state index contributed by atoms with van der Waals surface area (Å²) in [6, 6.07) is 6.75. The van der Waals surface area contributed by atoms with Gasteiger partial charge in [-0.1, -0.05) is 41.8 Å². The molecule has 0 amide bonds. The van der Waals surface area contributed by atoms with E-state index in [2.05, 4.69) is 58.3 Å². The second-order valence-electron chi connectivity index (χ2n) is 5.98. The van der Waals surface area contributed by atoms with Gasteiger partial charge in [-0.05, 0) is 43.5 Å². The van der Waals surface area contributed by atoms with Crippen molar-refractivity contribution in [1.82, 2.24) is 5.32 Å². The van der Waals surface area contributed by atoms with Crippen LogP contribution in [0.2, 0.25) is 0 Å². The molecule has 0 saturated heterocycles. The number of hydrogen-bond acceptors (Lipinski definition) is 3. The van der Waals surface area contributed by atoms with Crippen LogP contribution in [0.25, 0.3) is 0 Å². The van der Waals surface area contributed by atoms with Crippen molar-refractivity contribution >= 4 is 21.6 Å². The minimum absolute atomic E-state index is 0.201. The van der Waals surface area contributed by atoms with Gasteiger partial charge in [-0.3, -0.25) is 0 Å². The number of benzene rings is 1. The van der Waals surface area contributed by atoms with Crippen LogP contribution in [0.1, 0.15) is 44.6 Å². The zero-order chi connectivity index (χ0) is 15.2. The first-order valence-electron chi connectivity index (χ1n) is 8.03. The Hall–Kier alpha value is -0.580. The van der Waals surface area contributed by atoms with E-state index in [4.69, 9.17) is 0 Å². The van der Waals surface area contributed by atoms with Crippen LogP contribution in [0.5, 0.6) is 0 Å². The number of nitrogens with zero attached hydrogens (tertiary/aromatic N) is 1. The Kier molecular flexibility index (Phi) is 6.52. The highest BCUT2D eigenvalue weighted by molar-refractivity contribution is 9.10. The van der Waals surface area contributed by atoms with Crippen LogP contribution in [0, 0.1) is 0 Å². The van der Waals surface area contributed by atoms with E-state index in [9.17, 15) is 5.11 Å². The molecule has 4 heteroatoms. The predicted molar refractivity (Wildman–Crippen MR) is 92.8 cm³/mol. The van der Waals surface area contributed by atoms with Crippen LogP contribution in [-0.2, 0) is 6.54 Å². The minimum Gasteiger partial charge on any atom is -0.391 e. The van der Waals surface area contributed by atoms with Crippen LogP contribution in [0.15, 0.2) is 22.7 Å². The fourth-order valence-electron chi connectivity index (χ4n) is 3.03. The summed E-state index contributed by atoms with van der Waals surface area (Å²) in [6.07, 6.45) is 5.32. The van der Waals surface area contributed by atoms with Gasteiger partial charge in [0.15, 0.2) is 0 Å². The zero-order valence-electron chi connectivity index (χ0n) is 13.1. The lowest BCUT2D eigenvalue weighted by molar-refractivity contribution is 0.106. The lowest BCUT2D eigenvalue weighted by Crippen LogP contribution is -2.43. The normalized spacial score (nSPS) is 22.3. The molecule has 21 heavy (non-hydrogen) atoms. The summed E-state index contributed by atoms with van der Waals surface area (Å²) >= 11 is 3.68. The zero-order valence-corrected chi connectivity index (χ0v) is 14.7. The monoisotopic (exact) mass is 354 g/mol. The van der Waals surface area contributed by atoms with Gasteiger partial charge in [0, 0.05) is 23.8 Å². The smallest absolute Gasteiger partial charge is 0.0743 e. The molecule has 0 bridgehead atoms. The molecule has 0 heterocycles. The van der Waals surface area contributed by atoms with Crippen molar-refractivity contribution in [2.24, 2.45) is 0 Å². The predicted octanol–water partition coefficient (Wildman–Crippen LogP) is 3.69. The Morgan fingerprint density at radius 3 is 2.76 bits per heavy atom. The minimum atomic E-state index is -0.201. The van der Waals surface area contributed by atoms with Gasteiger partial charge in [-0.25, -0.2) is 0 Å². The van der Waals surface area contributed by atoms with E-state index in [0.29, 0.717) is 0 Å². The maximum atomic E-state index is 10.2. The van der Waals surface area contributed by atoms with Crippen molar-refractivity contribution in [3.8, 4) is 0 Å². The third-order valence-corrected chi connectivity index (χ3v) is 5.12. The molecule has 0 aromatic heterocycles. The maximum Gasteiger partial charge on any atom is 0.0743 e. The van der Waals surface area contributed by atoms with Crippen molar-refractivity contribution in [3.05, 3.63) is 28.2 Å². The molecule has 1 aromatic rings. The third kappa shape index (κ3) is 4.44. The first-order chi connectivity index (χ1) is 10.1. The highest BCUT2D eigenvalue weighted by Gasteiger charge is 2.26. The Morgan fingerprint density at radius 2 is 2.10 bits per heavy atom. The molecule has 1 aliphatic rings. The third-order valence-electron chi connectivity index (χ3n) is 4.38. The van der Waals surface area contributed by atoms with E-state index in [-0.39, 0.29) is 12.1 Å². The van der Waals surface area contributed by atoms with Crippen LogP contribution in [0.3, 0.4) is 0 Å². The van der Waals surface area contributed by atoms with Gasteiger partial charge in [0.25, 0.3) is 0 Å². The lowest BCUT2D eigenvalue weighted by atomic mass is 9.91. The largest absolute Gasteiger partial charge is 0.391 e. The van der Waals surface area contributed by atoms with Crippen LogP contribution in [0.4, 0.5) is 5.69 Å². The van der Waals surface area contributed by atoms with E-state index in [1.165, 1.54) is 17.7 Å². The molecule has 1 aliphatic carbocycles. The summed E-state index contributed by atoms with van der Waals surface area (Å²) in [4.78, 5) is 2.23. The maximum absolute atomic E-state index is 10.2. The van der Waals surface area contributed by atoms with Crippen molar-refractivity contribution in [3.63, 3.8) is 0 Å². The summed E-state index contributed by atoms with van der Waals surface area (Å²) in [7, 11) is 2.09. The van der Waals surface area contributed by atoms with E-state index in [0.717, 1.165) is 43.2 Å². The molecule has 118 valence electrons. The van der Waals surface area contributed by atoms with Crippen molar-refractivity contribution in [1.29, 1.82) is 0 Å². The lowest BCUT2D eigenvalue weighted by Gasteiger charge is -2.36.